The van der Waals surface area contributed by atoms with Crippen molar-refractivity contribution in [3.63, 3.8) is 0 Å². The lowest BCUT2D eigenvalue weighted by molar-refractivity contribution is 0.0958. The third-order valence-electron chi connectivity index (χ3n) is 2.30. The van der Waals surface area contributed by atoms with E-state index >= 15 is 0 Å². The normalized spacial score (nSPS) is 12.3. The van der Waals surface area contributed by atoms with Crippen molar-refractivity contribution >= 4 is 5.78 Å². The number of pyridine rings is 1. The second-order valence-electron chi connectivity index (χ2n) is 3.49. The number of aromatic nitrogens is 1. The molecule has 16 heavy (non-hydrogen) atoms. The van der Waals surface area contributed by atoms with Gasteiger partial charge in [0.1, 0.15) is 5.76 Å². The van der Waals surface area contributed by atoms with E-state index in [0.29, 0.717) is 12.0 Å². The standard InChI is InChI=1S/C12H12N2O2/c13-11(8-10-2-1-7-16-10)12(15)9-3-5-14-6-4-9/h1-7,11H,8,13H2. The lowest BCUT2D eigenvalue weighted by Gasteiger charge is -2.08. The summed E-state index contributed by atoms with van der Waals surface area (Å²) in [6, 6.07) is 6.32. The zero-order chi connectivity index (χ0) is 11.4. The average molecular weight is 216 g/mol. The summed E-state index contributed by atoms with van der Waals surface area (Å²) >= 11 is 0. The van der Waals surface area contributed by atoms with Crippen molar-refractivity contribution in [2.75, 3.05) is 0 Å². The van der Waals surface area contributed by atoms with Gasteiger partial charge in [-0.15, -0.1) is 0 Å². The Morgan fingerprint density at radius 2 is 2.12 bits per heavy atom. The van der Waals surface area contributed by atoms with Crippen LogP contribution in [0, 0.1) is 0 Å². The quantitative estimate of drug-likeness (QED) is 0.785. The van der Waals surface area contributed by atoms with Gasteiger partial charge in [-0.05, 0) is 24.3 Å². The summed E-state index contributed by atoms with van der Waals surface area (Å²) in [5.41, 5.74) is 6.39. The first-order valence-corrected chi connectivity index (χ1v) is 4.99. The Kier molecular flexibility index (Phi) is 3.12. The van der Waals surface area contributed by atoms with E-state index in [0.717, 1.165) is 5.76 Å². The van der Waals surface area contributed by atoms with E-state index in [2.05, 4.69) is 4.98 Å². The van der Waals surface area contributed by atoms with E-state index < -0.39 is 6.04 Å². The van der Waals surface area contributed by atoms with E-state index in [9.17, 15) is 4.79 Å². The zero-order valence-electron chi connectivity index (χ0n) is 8.67. The van der Waals surface area contributed by atoms with Gasteiger partial charge in [0.25, 0.3) is 0 Å². The number of carbonyl (C=O) groups is 1. The molecule has 0 radical (unpaired) electrons. The Bertz CT molecular complexity index is 451. The maximum atomic E-state index is 11.9. The SMILES string of the molecule is NC(Cc1ccco1)C(=O)c1ccncc1. The van der Waals surface area contributed by atoms with Gasteiger partial charge in [0.05, 0.1) is 12.3 Å². The molecule has 0 aliphatic rings. The molecule has 0 bridgehead atoms. The summed E-state index contributed by atoms with van der Waals surface area (Å²) in [6.07, 6.45) is 5.13. The molecule has 4 heteroatoms. The number of hydrogen-bond donors (Lipinski definition) is 1. The second-order valence-corrected chi connectivity index (χ2v) is 3.49. The predicted octanol–water partition coefficient (Wildman–Crippen LogP) is 1.43. The fourth-order valence-electron chi connectivity index (χ4n) is 1.47. The lowest BCUT2D eigenvalue weighted by atomic mass is 10.0. The molecule has 82 valence electrons. The molecule has 2 heterocycles. The van der Waals surface area contributed by atoms with Crippen LogP contribution in [0.15, 0.2) is 47.3 Å². The number of carbonyl (C=O) groups excluding carboxylic acids is 1. The van der Waals surface area contributed by atoms with Crippen molar-refractivity contribution in [2.24, 2.45) is 5.73 Å². The number of nitrogens with two attached hydrogens (primary N) is 1. The molecule has 2 rings (SSSR count). The largest absolute Gasteiger partial charge is 0.469 e. The topological polar surface area (TPSA) is 69.1 Å². The van der Waals surface area contributed by atoms with Gasteiger partial charge in [-0.1, -0.05) is 0 Å². The van der Waals surface area contributed by atoms with Gasteiger partial charge in [0.15, 0.2) is 5.78 Å². The number of ketones is 1. The van der Waals surface area contributed by atoms with Crippen LogP contribution in [-0.2, 0) is 6.42 Å². The van der Waals surface area contributed by atoms with E-state index in [-0.39, 0.29) is 5.78 Å². The smallest absolute Gasteiger partial charge is 0.180 e. The van der Waals surface area contributed by atoms with Crippen LogP contribution in [0.5, 0.6) is 0 Å². The van der Waals surface area contributed by atoms with Crippen LogP contribution < -0.4 is 5.73 Å². The Labute approximate surface area is 93.1 Å². The Hall–Kier alpha value is -1.94. The van der Waals surface area contributed by atoms with Gasteiger partial charge in [-0.3, -0.25) is 9.78 Å². The minimum atomic E-state index is -0.575. The van der Waals surface area contributed by atoms with Crippen LogP contribution in [0.2, 0.25) is 0 Å². The van der Waals surface area contributed by atoms with Crippen LogP contribution in [0.3, 0.4) is 0 Å². The summed E-state index contributed by atoms with van der Waals surface area (Å²) < 4.78 is 5.15. The fraction of sp³-hybridized carbons (Fsp3) is 0.167. The van der Waals surface area contributed by atoms with Crippen molar-refractivity contribution < 1.29 is 9.21 Å². The number of furan rings is 1. The van der Waals surface area contributed by atoms with Gasteiger partial charge in [0.2, 0.25) is 0 Å². The number of hydrogen-bond acceptors (Lipinski definition) is 4. The molecule has 2 N–H and O–H groups in total. The molecule has 0 saturated carbocycles. The van der Waals surface area contributed by atoms with Crippen LogP contribution in [0.4, 0.5) is 0 Å². The molecule has 4 nitrogen and oxygen atoms in total. The first kappa shape index (κ1) is 10.6. The number of nitrogens with zero attached hydrogens (tertiary/aromatic N) is 1. The Morgan fingerprint density at radius 1 is 1.38 bits per heavy atom. The van der Waals surface area contributed by atoms with Gasteiger partial charge < -0.3 is 10.2 Å². The Morgan fingerprint density at radius 3 is 2.75 bits per heavy atom. The van der Waals surface area contributed by atoms with Crippen LogP contribution in [0.25, 0.3) is 0 Å². The van der Waals surface area contributed by atoms with Gasteiger partial charge >= 0.3 is 0 Å². The summed E-state index contributed by atoms with van der Waals surface area (Å²) in [7, 11) is 0. The Balaban J connectivity index is 2.05. The molecular weight excluding hydrogens is 204 g/mol. The fourth-order valence-corrected chi connectivity index (χ4v) is 1.47. The predicted molar refractivity (Wildman–Crippen MR) is 59.0 cm³/mol. The third-order valence-corrected chi connectivity index (χ3v) is 2.30. The maximum Gasteiger partial charge on any atom is 0.180 e. The third kappa shape index (κ3) is 2.35. The monoisotopic (exact) mass is 216 g/mol. The molecule has 1 atom stereocenters. The van der Waals surface area contributed by atoms with Crippen molar-refractivity contribution in [1.82, 2.24) is 4.98 Å². The maximum absolute atomic E-state index is 11.9. The molecule has 0 aliphatic heterocycles. The first-order valence-electron chi connectivity index (χ1n) is 4.99. The van der Waals surface area contributed by atoms with Crippen molar-refractivity contribution in [2.45, 2.75) is 12.5 Å². The van der Waals surface area contributed by atoms with Gasteiger partial charge in [-0.25, -0.2) is 0 Å². The molecule has 0 spiro atoms. The molecule has 0 saturated heterocycles. The summed E-state index contributed by atoms with van der Waals surface area (Å²) in [5.74, 6) is 0.619. The summed E-state index contributed by atoms with van der Waals surface area (Å²) in [4.78, 5) is 15.7. The van der Waals surface area contributed by atoms with E-state index in [1.807, 2.05) is 0 Å². The lowest BCUT2D eigenvalue weighted by Crippen LogP contribution is -2.32. The first-order chi connectivity index (χ1) is 7.77. The number of Topliss-reactive ketones (excluding diaryl/α,β-unsaturated/α-hetero) is 1. The van der Waals surface area contributed by atoms with Crippen molar-refractivity contribution in [1.29, 1.82) is 0 Å². The van der Waals surface area contributed by atoms with Crippen LogP contribution in [0.1, 0.15) is 16.1 Å². The van der Waals surface area contributed by atoms with E-state index in [1.54, 1.807) is 42.9 Å². The van der Waals surface area contributed by atoms with E-state index in [1.165, 1.54) is 0 Å². The molecule has 0 amide bonds. The van der Waals surface area contributed by atoms with Gasteiger partial charge in [-0.2, -0.15) is 0 Å². The van der Waals surface area contributed by atoms with Gasteiger partial charge in [0, 0.05) is 24.4 Å². The van der Waals surface area contributed by atoms with Crippen LogP contribution in [-0.4, -0.2) is 16.8 Å². The van der Waals surface area contributed by atoms with Crippen LogP contribution >= 0.6 is 0 Å². The highest BCUT2D eigenvalue weighted by Gasteiger charge is 2.16. The molecule has 2 aromatic rings. The molecule has 2 aromatic heterocycles. The van der Waals surface area contributed by atoms with Crippen molar-refractivity contribution in [3.05, 3.63) is 54.2 Å². The molecule has 1 unspecified atom stereocenters. The molecule has 0 aliphatic carbocycles. The number of rotatable bonds is 4. The summed E-state index contributed by atoms with van der Waals surface area (Å²) in [6.45, 7) is 0. The zero-order valence-corrected chi connectivity index (χ0v) is 8.67. The minimum absolute atomic E-state index is 0.0983. The minimum Gasteiger partial charge on any atom is -0.469 e. The second kappa shape index (κ2) is 4.72. The molecule has 0 aromatic carbocycles. The highest BCUT2D eigenvalue weighted by molar-refractivity contribution is 5.99. The highest BCUT2D eigenvalue weighted by atomic mass is 16.3. The van der Waals surface area contributed by atoms with E-state index in [4.69, 9.17) is 10.2 Å². The molecule has 0 fully saturated rings. The average Bonchev–Trinajstić information content (AvgIpc) is 2.82. The summed E-state index contributed by atoms with van der Waals surface area (Å²) in [5, 5.41) is 0. The van der Waals surface area contributed by atoms with Crippen molar-refractivity contribution in [3.8, 4) is 0 Å². The highest BCUT2D eigenvalue weighted by Crippen LogP contribution is 2.07. The molecular formula is C12H12N2O2.